The first-order chi connectivity index (χ1) is 16.3. The van der Waals surface area contributed by atoms with Crippen molar-refractivity contribution in [3.63, 3.8) is 0 Å². The van der Waals surface area contributed by atoms with Crippen molar-refractivity contribution in [1.82, 2.24) is 19.9 Å². The summed E-state index contributed by atoms with van der Waals surface area (Å²) in [6.45, 7) is 7.09. The van der Waals surface area contributed by atoms with Crippen LogP contribution in [-0.2, 0) is 0 Å². The van der Waals surface area contributed by atoms with Gasteiger partial charge >= 0.3 is 0 Å². The summed E-state index contributed by atoms with van der Waals surface area (Å²) >= 11 is 0. The summed E-state index contributed by atoms with van der Waals surface area (Å²) in [4.78, 5) is 18.2. The van der Waals surface area contributed by atoms with Crippen molar-refractivity contribution in [3.8, 4) is 22.6 Å². The van der Waals surface area contributed by atoms with Crippen molar-refractivity contribution in [3.05, 3.63) is 71.2 Å². The Bertz CT molecular complexity index is 1400. The highest BCUT2D eigenvalue weighted by atomic mass is 19.1. The second-order valence-corrected chi connectivity index (χ2v) is 8.77. The molecule has 0 unspecified atom stereocenters. The van der Waals surface area contributed by atoms with Gasteiger partial charge in [-0.2, -0.15) is 0 Å². The fourth-order valence-corrected chi connectivity index (χ4v) is 4.21. The van der Waals surface area contributed by atoms with Crippen molar-refractivity contribution in [2.75, 3.05) is 38.1 Å². The SMILES string of the molecule is Cc1cc2c(-c3ccc(F)cc3F)nc(-c3cc(F)cc(N4CCN(C)CC4)c3)nc2nc1C. The van der Waals surface area contributed by atoms with E-state index in [4.69, 9.17) is 0 Å². The fraction of sp³-hybridized carbons (Fsp3) is 0.269. The normalized spacial score (nSPS) is 14.7. The van der Waals surface area contributed by atoms with Gasteiger partial charge in [-0.15, -0.1) is 0 Å². The molecule has 0 atom stereocenters. The van der Waals surface area contributed by atoms with Crippen LogP contribution in [0.2, 0.25) is 0 Å². The van der Waals surface area contributed by atoms with Gasteiger partial charge in [0.25, 0.3) is 0 Å². The summed E-state index contributed by atoms with van der Waals surface area (Å²) in [6, 6.07) is 9.93. The van der Waals surface area contributed by atoms with Gasteiger partial charge in [0.2, 0.25) is 0 Å². The summed E-state index contributed by atoms with van der Waals surface area (Å²) in [5.74, 6) is -1.58. The van der Waals surface area contributed by atoms with Crippen molar-refractivity contribution < 1.29 is 13.2 Å². The van der Waals surface area contributed by atoms with E-state index in [1.165, 1.54) is 24.3 Å². The molecule has 4 aromatic rings. The molecule has 0 bridgehead atoms. The molecule has 2 aromatic heterocycles. The van der Waals surface area contributed by atoms with Gasteiger partial charge in [0.05, 0.1) is 5.69 Å². The first-order valence-electron chi connectivity index (χ1n) is 11.1. The lowest BCUT2D eigenvalue weighted by Crippen LogP contribution is -2.44. The Morgan fingerprint density at radius 1 is 0.794 bits per heavy atom. The highest BCUT2D eigenvalue weighted by Crippen LogP contribution is 2.33. The molecule has 174 valence electrons. The van der Waals surface area contributed by atoms with Crippen LogP contribution >= 0.6 is 0 Å². The van der Waals surface area contributed by atoms with Crippen molar-refractivity contribution in [1.29, 1.82) is 0 Å². The molecule has 0 saturated carbocycles. The van der Waals surface area contributed by atoms with Gasteiger partial charge < -0.3 is 9.80 Å². The van der Waals surface area contributed by atoms with E-state index in [1.54, 1.807) is 0 Å². The van der Waals surface area contributed by atoms with Gasteiger partial charge in [-0.05, 0) is 62.9 Å². The molecule has 5 nitrogen and oxygen atoms in total. The number of benzene rings is 2. The van der Waals surface area contributed by atoms with Gasteiger partial charge in [0.15, 0.2) is 11.5 Å². The summed E-state index contributed by atoms with van der Waals surface area (Å²) < 4.78 is 43.1. The van der Waals surface area contributed by atoms with Gasteiger partial charge in [0.1, 0.15) is 17.5 Å². The van der Waals surface area contributed by atoms with Crippen LogP contribution in [0.25, 0.3) is 33.7 Å². The predicted octanol–water partition coefficient (Wildman–Crippen LogP) is 5.14. The molecular weight excluding hydrogens is 439 g/mol. The third-order valence-electron chi connectivity index (χ3n) is 6.33. The number of hydrogen-bond donors (Lipinski definition) is 0. The maximum atomic E-state index is 14.8. The molecule has 1 aliphatic rings. The van der Waals surface area contributed by atoms with Crippen LogP contribution in [0.4, 0.5) is 18.9 Å². The molecule has 1 aliphatic heterocycles. The number of hydrogen-bond acceptors (Lipinski definition) is 5. The minimum absolute atomic E-state index is 0.135. The van der Waals surface area contributed by atoms with Gasteiger partial charge in [-0.3, -0.25) is 0 Å². The Morgan fingerprint density at radius 3 is 2.29 bits per heavy atom. The molecule has 8 heteroatoms. The number of rotatable bonds is 3. The third kappa shape index (κ3) is 4.21. The van der Waals surface area contributed by atoms with E-state index in [0.717, 1.165) is 49.2 Å². The predicted molar refractivity (Wildman–Crippen MR) is 127 cm³/mol. The zero-order chi connectivity index (χ0) is 24.0. The summed E-state index contributed by atoms with van der Waals surface area (Å²) in [6.07, 6.45) is 0. The topological polar surface area (TPSA) is 45.2 Å². The third-order valence-corrected chi connectivity index (χ3v) is 6.33. The number of piperazine rings is 1. The van der Waals surface area contributed by atoms with E-state index in [2.05, 4.69) is 31.8 Å². The Hall–Kier alpha value is -3.52. The summed E-state index contributed by atoms with van der Waals surface area (Å²) in [5, 5.41) is 0.549. The second-order valence-electron chi connectivity index (χ2n) is 8.77. The largest absolute Gasteiger partial charge is 0.369 e. The van der Waals surface area contributed by atoms with E-state index in [1.807, 2.05) is 26.0 Å². The average Bonchev–Trinajstić information content (AvgIpc) is 2.79. The monoisotopic (exact) mass is 463 g/mol. The minimum atomic E-state index is -0.735. The lowest BCUT2D eigenvalue weighted by molar-refractivity contribution is 0.313. The van der Waals surface area contributed by atoms with E-state index in [-0.39, 0.29) is 11.4 Å². The molecule has 0 amide bonds. The summed E-state index contributed by atoms with van der Waals surface area (Å²) in [7, 11) is 2.06. The molecule has 1 fully saturated rings. The number of halogens is 3. The van der Waals surface area contributed by atoms with Crippen LogP contribution in [0.15, 0.2) is 42.5 Å². The molecule has 5 rings (SSSR count). The van der Waals surface area contributed by atoms with E-state index < -0.39 is 17.5 Å². The molecule has 2 aromatic carbocycles. The quantitative estimate of drug-likeness (QED) is 0.421. The Balaban J connectivity index is 1.70. The molecule has 3 heterocycles. The van der Waals surface area contributed by atoms with Crippen LogP contribution in [0.3, 0.4) is 0 Å². The highest BCUT2D eigenvalue weighted by Gasteiger charge is 2.20. The molecule has 0 aliphatic carbocycles. The van der Waals surface area contributed by atoms with Crippen molar-refractivity contribution >= 4 is 16.7 Å². The molecule has 0 N–H and O–H groups in total. The van der Waals surface area contributed by atoms with Crippen LogP contribution in [0.5, 0.6) is 0 Å². The number of aryl methyl sites for hydroxylation is 2. The van der Waals surface area contributed by atoms with Gasteiger partial charge in [-0.1, -0.05) is 0 Å². The maximum Gasteiger partial charge on any atom is 0.164 e. The van der Waals surface area contributed by atoms with Crippen LogP contribution in [-0.4, -0.2) is 53.1 Å². The highest BCUT2D eigenvalue weighted by molar-refractivity contribution is 5.92. The minimum Gasteiger partial charge on any atom is -0.369 e. The maximum absolute atomic E-state index is 14.8. The first-order valence-corrected chi connectivity index (χ1v) is 11.1. The number of nitrogens with zero attached hydrogens (tertiary/aromatic N) is 5. The lowest BCUT2D eigenvalue weighted by atomic mass is 10.0. The molecular formula is C26H24F3N5. The van der Waals surface area contributed by atoms with E-state index in [9.17, 15) is 13.2 Å². The van der Waals surface area contributed by atoms with Crippen molar-refractivity contribution in [2.24, 2.45) is 0 Å². The number of anilines is 1. The standard InChI is InChI=1S/C26H24F3N5/c1-15-10-22-24(21-5-4-18(27)14-23(21)29)31-25(32-26(22)30-16(15)2)17-11-19(28)13-20(12-17)34-8-6-33(3)7-9-34/h4-5,10-14H,6-9H2,1-3H3. The molecule has 1 saturated heterocycles. The number of fused-ring (bicyclic) bond motifs is 1. The summed E-state index contributed by atoms with van der Waals surface area (Å²) in [5.41, 5.74) is 3.69. The van der Waals surface area contributed by atoms with Gasteiger partial charge in [0, 0.05) is 60.1 Å². The van der Waals surface area contributed by atoms with Crippen LogP contribution in [0.1, 0.15) is 11.3 Å². The van der Waals surface area contributed by atoms with Crippen LogP contribution < -0.4 is 4.90 Å². The number of likely N-dealkylation sites (N-methyl/N-ethyl adjacent to an activating group) is 1. The zero-order valence-electron chi connectivity index (χ0n) is 19.2. The fourth-order valence-electron chi connectivity index (χ4n) is 4.21. The second kappa shape index (κ2) is 8.68. The Labute approximate surface area is 195 Å². The first kappa shape index (κ1) is 22.3. The molecule has 34 heavy (non-hydrogen) atoms. The van der Waals surface area contributed by atoms with E-state index >= 15 is 0 Å². The Morgan fingerprint density at radius 2 is 1.56 bits per heavy atom. The Kier molecular flexibility index (Phi) is 5.69. The molecule has 0 spiro atoms. The number of aromatic nitrogens is 3. The van der Waals surface area contributed by atoms with E-state index in [0.29, 0.717) is 22.3 Å². The van der Waals surface area contributed by atoms with Crippen LogP contribution in [0, 0.1) is 31.3 Å². The van der Waals surface area contributed by atoms with Crippen molar-refractivity contribution in [2.45, 2.75) is 13.8 Å². The average molecular weight is 464 g/mol. The smallest absolute Gasteiger partial charge is 0.164 e. The lowest BCUT2D eigenvalue weighted by Gasteiger charge is -2.34. The molecule has 0 radical (unpaired) electrons. The van der Waals surface area contributed by atoms with Gasteiger partial charge in [-0.25, -0.2) is 28.1 Å². The number of pyridine rings is 1. The zero-order valence-corrected chi connectivity index (χ0v) is 19.2.